The summed E-state index contributed by atoms with van der Waals surface area (Å²) in [5.41, 5.74) is 3.50. The molecule has 1 aromatic heterocycles. The second-order valence-electron chi connectivity index (χ2n) is 4.96. The van der Waals surface area contributed by atoms with Crippen LogP contribution in [0.1, 0.15) is 36.1 Å². The Labute approximate surface area is 112 Å². The van der Waals surface area contributed by atoms with Crippen LogP contribution in [-0.4, -0.2) is 10.1 Å². The highest BCUT2D eigenvalue weighted by molar-refractivity contribution is 5.41. The number of hydrogen-bond acceptors (Lipinski definition) is 3. The molecule has 0 bridgehead atoms. The maximum Gasteiger partial charge on any atom is 0.225 e. The van der Waals surface area contributed by atoms with Gasteiger partial charge in [-0.2, -0.15) is 0 Å². The van der Waals surface area contributed by atoms with Crippen LogP contribution in [0, 0.1) is 0 Å². The van der Waals surface area contributed by atoms with Crippen LogP contribution in [0.4, 0.5) is 0 Å². The van der Waals surface area contributed by atoms with E-state index in [9.17, 15) is 5.11 Å². The van der Waals surface area contributed by atoms with Crippen molar-refractivity contribution < 1.29 is 9.84 Å². The molecule has 1 heterocycles. The molecular weight excluding hydrogens is 238 g/mol. The number of benzene rings is 1. The first-order valence-corrected chi connectivity index (χ1v) is 6.66. The molecule has 19 heavy (non-hydrogen) atoms. The minimum atomic E-state index is -0.585. The first-order valence-electron chi connectivity index (χ1n) is 6.66. The van der Waals surface area contributed by atoms with Crippen LogP contribution in [0.15, 0.2) is 36.5 Å². The van der Waals surface area contributed by atoms with Crippen molar-refractivity contribution in [2.24, 2.45) is 0 Å². The number of aliphatic hydroxyl groups excluding tert-OH is 1. The molecule has 0 unspecified atom stereocenters. The van der Waals surface area contributed by atoms with Crippen LogP contribution >= 0.6 is 0 Å². The summed E-state index contributed by atoms with van der Waals surface area (Å²) >= 11 is 0. The van der Waals surface area contributed by atoms with E-state index < -0.39 is 6.10 Å². The molecular formula is C16H17NO2. The number of hydrogen-bond donors (Lipinski definition) is 1. The van der Waals surface area contributed by atoms with Crippen molar-refractivity contribution in [2.45, 2.75) is 32.3 Å². The zero-order valence-electron chi connectivity index (χ0n) is 11.0. The number of ether oxygens (including phenoxy) is 1. The Balaban J connectivity index is 1.89. The highest BCUT2D eigenvalue weighted by atomic mass is 16.5. The van der Waals surface area contributed by atoms with E-state index in [4.69, 9.17) is 4.74 Å². The van der Waals surface area contributed by atoms with Crippen molar-refractivity contribution in [2.75, 3.05) is 0 Å². The van der Waals surface area contributed by atoms with E-state index in [1.54, 1.807) is 19.2 Å². The molecule has 1 N–H and O–H groups in total. The van der Waals surface area contributed by atoms with Crippen LogP contribution in [0.5, 0.6) is 11.6 Å². The first-order chi connectivity index (χ1) is 9.24. The predicted molar refractivity (Wildman–Crippen MR) is 73.4 cm³/mol. The quantitative estimate of drug-likeness (QED) is 0.913. The SMILES string of the molecule is C[C@@H](O)c1cccnc1Oc1ccc2c(c1)CCC2. The van der Waals surface area contributed by atoms with Gasteiger partial charge in [0.05, 0.1) is 6.10 Å². The van der Waals surface area contributed by atoms with E-state index >= 15 is 0 Å². The van der Waals surface area contributed by atoms with Gasteiger partial charge in [0.1, 0.15) is 5.75 Å². The molecule has 0 saturated heterocycles. The van der Waals surface area contributed by atoms with Crippen LogP contribution < -0.4 is 4.74 Å². The Morgan fingerprint density at radius 3 is 2.89 bits per heavy atom. The lowest BCUT2D eigenvalue weighted by Crippen LogP contribution is -1.98. The molecule has 1 aliphatic rings. The minimum Gasteiger partial charge on any atom is -0.439 e. The second-order valence-corrected chi connectivity index (χ2v) is 4.96. The molecule has 0 spiro atoms. The van der Waals surface area contributed by atoms with Gasteiger partial charge in [0.25, 0.3) is 0 Å². The van der Waals surface area contributed by atoms with E-state index in [-0.39, 0.29) is 0 Å². The number of rotatable bonds is 3. The topological polar surface area (TPSA) is 42.4 Å². The van der Waals surface area contributed by atoms with Crippen LogP contribution in [0.3, 0.4) is 0 Å². The predicted octanol–water partition coefficient (Wildman–Crippen LogP) is 3.42. The smallest absolute Gasteiger partial charge is 0.225 e. The lowest BCUT2D eigenvalue weighted by atomic mass is 10.1. The molecule has 2 aromatic rings. The normalized spacial score (nSPS) is 15.1. The Morgan fingerprint density at radius 1 is 1.21 bits per heavy atom. The zero-order chi connectivity index (χ0) is 13.2. The van der Waals surface area contributed by atoms with E-state index in [0.29, 0.717) is 11.4 Å². The fourth-order valence-corrected chi connectivity index (χ4v) is 2.53. The van der Waals surface area contributed by atoms with Crippen LogP contribution in [0.2, 0.25) is 0 Å². The molecule has 1 aliphatic carbocycles. The molecule has 3 heteroatoms. The third-order valence-corrected chi connectivity index (χ3v) is 3.54. The van der Waals surface area contributed by atoms with Crippen molar-refractivity contribution in [3.05, 3.63) is 53.2 Å². The van der Waals surface area contributed by atoms with Gasteiger partial charge in [-0.1, -0.05) is 6.07 Å². The molecule has 3 nitrogen and oxygen atoms in total. The average molecular weight is 255 g/mol. The van der Waals surface area contributed by atoms with Crippen molar-refractivity contribution in [1.82, 2.24) is 4.98 Å². The Bertz CT molecular complexity index is 593. The maximum atomic E-state index is 9.72. The van der Waals surface area contributed by atoms with Crippen molar-refractivity contribution in [3.8, 4) is 11.6 Å². The lowest BCUT2D eigenvalue weighted by molar-refractivity contribution is 0.194. The third-order valence-electron chi connectivity index (χ3n) is 3.54. The standard InChI is InChI=1S/C16H17NO2/c1-11(18)15-6-3-9-17-16(15)19-14-8-7-12-4-2-5-13(12)10-14/h3,6-11,18H,2,4-5H2,1H3/t11-/m1/s1. The second kappa shape index (κ2) is 5.02. The Hall–Kier alpha value is -1.87. The fraction of sp³-hybridized carbons (Fsp3) is 0.312. The number of aliphatic hydroxyl groups is 1. The fourth-order valence-electron chi connectivity index (χ4n) is 2.53. The van der Waals surface area contributed by atoms with Crippen molar-refractivity contribution in [1.29, 1.82) is 0 Å². The van der Waals surface area contributed by atoms with Gasteiger partial charge in [-0.15, -0.1) is 0 Å². The summed E-state index contributed by atoms with van der Waals surface area (Å²) in [6.45, 7) is 1.71. The number of aromatic nitrogens is 1. The van der Waals surface area contributed by atoms with Crippen LogP contribution in [0.25, 0.3) is 0 Å². The molecule has 98 valence electrons. The summed E-state index contributed by atoms with van der Waals surface area (Å²) in [4.78, 5) is 4.21. The lowest BCUT2D eigenvalue weighted by Gasteiger charge is -2.12. The van der Waals surface area contributed by atoms with Crippen molar-refractivity contribution in [3.63, 3.8) is 0 Å². The summed E-state index contributed by atoms with van der Waals surface area (Å²) in [7, 11) is 0. The molecule has 0 radical (unpaired) electrons. The summed E-state index contributed by atoms with van der Waals surface area (Å²) in [5, 5.41) is 9.72. The van der Waals surface area contributed by atoms with E-state index in [1.165, 1.54) is 17.5 Å². The van der Waals surface area contributed by atoms with E-state index in [2.05, 4.69) is 17.1 Å². The largest absolute Gasteiger partial charge is 0.439 e. The summed E-state index contributed by atoms with van der Waals surface area (Å²) in [6, 6.07) is 9.83. The number of nitrogens with zero attached hydrogens (tertiary/aromatic N) is 1. The van der Waals surface area contributed by atoms with Gasteiger partial charge in [0.15, 0.2) is 0 Å². The monoisotopic (exact) mass is 255 g/mol. The summed E-state index contributed by atoms with van der Waals surface area (Å²) < 4.78 is 5.82. The summed E-state index contributed by atoms with van der Waals surface area (Å²) in [6.07, 6.45) is 4.60. The van der Waals surface area contributed by atoms with Crippen LogP contribution in [-0.2, 0) is 12.8 Å². The average Bonchev–Trinajstić information content (AvgIpc) is 2.86. The number of pyridine rings is 1. The number of fused-ring (bicyclic) bond motifs is 1. The maximum absolute atomic E-state index is 9.72. The number of aryl methyl sites for hydroxylation is 2. The van der Waals surface area contributed by atoms with E-state index in [0.717, 1.165) is 18.6 Å². The molecule has 0 aliphatic heterocycles. The van der Waals surface area contributed by atoms with Gasteiger partial charge in [0, 0.05) is 11.8 Å². The third kappa shape index (κ3) is 2.47. The molecule has 1 aromatic carbocycles. The van der Waals surface area contributed by atoms with Gasteiger partial charge >= 0.3 is 0 Å². The minimum absolute atomic E-state index is 0.482. The molecule has 0 saturated carbocycles. The molecule has 0 fully saturated rings. The van der Waals surface area contributed by atoms with Gasteiger partial charge in [-0.25, -0.2) is 4.98 Å². The van der Waals surface area contributed by atoms with Gasteiger partial charge < -0.3 is 9.84 Å². The Morgan fingerprint density at radius 2 is 2.05 bits per heavy atom. The summed E-state index contributed by atoms with van der Waals surface area (Å²) in [5.74, 6) is 1.27. The molecule has 3 rings (SSSR count). The van der Waals surface area contributed by atoms with E-state index in [1.807, 2.05) is 12.1 Å². The molecule has 0 amide bonds. The zero-order valence-corrected chi connectivity index (χ0v) is 11.0. The first kappa shape index (κ1) is 12.2. The Kier molecular flexibility index (Phi) is 3.22. The van der Waals surface area contributed by atoms with Crippen molar-refractivity contribution >= 4 is 0 Å². The highest BCUT2D eigenvalue weighted by Gasteiger charge is 2.14. The van der Waals surface area contributed by atoms with Gasteiger partial charge in [0.2, 0.25) is 5.88 Å². The van der Waals surface area contributed by atoms with Gasteiger partial charge in [-0.3, -0.25) is 0 Å². The highest BCUT2D eigenvalue weighted by Crippen LogP contribution is 2.31. The molecule has 1 atom stereocenters. The van der Waals surface area contributed by atoms with Gasteiger partial charge in [-0.05, 0) is 61.6 Å².